The normalized spacial score (nSPS) is 40.5. The summed E-state index contributed by atoms with van der Waals surface area (Å²) in [7, 11) is 0. The molecule has 2 unspecified atom stereocenters. The van der Waals surface area contributed by atoms with Gasteiger partial charge in [-0.15, -0.1) is 0 Å². The zero-order valence-corrected chi connectivity index (χ0v) is 24.3. The topological polar surface area (TPSA) is 60.8 Å². The Bertz CT molecular complexity index is 1030. The lowest BCUT2D eigenvalue weighted by Gasteiger charge is -2.58. The Kier molecular flexibility index (Phi) is 7.91. The molecule has 10 heteroatoms. The highest BCUT2D eigenvalue weighted by Crippen LogP contribution is 2.67. The number of hydrogen-bond acceptors (Lipinski definition) is 3. The molecule has 0 aromatic carbocycles. The van der Waals surface area contributed by atoms with Gasteiger partial charge in [0, 0.05) is 25.4 Å². The fourth-order valence-corrected chi connectivity index (χ4v) is 10.3. The lowest BCUT2D eigenvalue weighted by atomic mass is 9.47. The molecule has 1 heterocycles. The average Bonchev–Trinajstić information content (AvgIpc) is 3.51. The van der Waals surface area contributed by atoms with Gasteiger partial charge in [-0.1, -0.05) is 32.4 Å². The van der Waals surface area contributed by atoms with Crippen molar-refractivity contribution in [2.24, 2.45) is 46.3 Å². The number of nitrogens with zero attached hydrogens (tertiary/aromatic N) is 1. The number of carbonyl (C=O) groups is 1. The number of likely N-dealkylation sites (tertiary alicyclic amines) is 1. The number of amides is 1. The van der Waals surface area contributed by atoms with Crippen LogP contribution in [0.1, 0.15) is 91.4 Å². The van der Waals surface area contributed by atoms with E-state index in [0.717, 1.165) is 56.3 Å². The zero-order valence-electron chi connectivity index (χ0n) is 24.3. The number of aliphatic hydroxyl groups is 2. The minimum Gasteiger partial charge on any atom is -0.393 e. The molecular weight excluding hydrogens is 548 g/mol. The predicted octanol–water partition coefficient (Wildman–Crippen LogP) is 7.05. The van der Waals surface area contributed by atoms with Crippen molar-refractivity contribution < 1.29 is 41.4 Å². The molecular formula is C31H45F6NO3. The molecule has 5 aliphatic rings. The third-order valence-electron chi connectivity index (χ3n) is 12.6. The molecule has 4 fully saturated rings. The van der Waals surface area contributed by atoms with Crippen molar-refractivity contribution in [1.82, 2.24) is 4.90 Å². The first kappa shape index (κ1) is 31.1. The van der Waals surface area contributed by atoms with Crippen molar-refractivity contribution in [3.63, 3.8) is 0 Å². The Labute approximate surface area is 238 Å². The molecule has 3 saturated carbocycles. The Morgan fingerprint density at radius 2 is 1.71 bits per heavy atom. The third-order valence-corrected chi connectivity index (χ3v) is 12.6. The van der Waals surface area contributed by atoms with E-state index >= 15 is 0 Å². The molecule has 0 aromatic heterocycles. The van der Waals surface area contributed by atoms with Crippen molar-refractivity contribution in [1.29, 1.82) is 0 Å². The number of carbonyl (C=O) groups excluding carboxylic acids is 1. The first-order chi connectivity index (χ1) is 18.9. The van der Waals surface area contributed by atoms with E-state index in [4.69, 9.17) is 0 Å². The molecule has 4 aliphatic carbocycles. The van der Waals surface area contributed by atoms with Crippen molar-refractivity contribution in [2.45, 2.75) is 115 Å². The molecule has 0 aromatic rings. The van der Waals surface area contributed by atoms with E-state index in [2.05, 4.69) is 26.8 Å². The minimum absolute atomic E-state index is 0.0835. The second-order valence-electron chi connectivity index (χ2n) is 14.5. The number of rotatable bonds is 5. The van der Waals surface area contributed by atoms with Gasteiger partial charge in [-0.25, -0.2) is 0 Å². The van der Waals surface area contributed by atoms with Crippen LogP contribution in [0.3, 0.4) is 0 Å². The number of hydrogen-bond donors (Lipinski definition) is 2. The van der Waals surface area contributed by atoms with Gasteiger partial charge in [-0.2, -0.15) is 26.3 Å². The zero-order chi connectivity index (χ0) is 30.2. The number of allylic oxidation sites excluding steroid dienone is 1. The number of alkyl halides is 6. The molecule has 9 atom stereocenters. The van der Waals surface area contributed by atoms with Gasteiger partial charge in [-0.3, -0.25) is 4.79 Å². The van der Waals surface area contributed by atoms with Gasteiger partial charge in [-0.05, 0) is 105 Å². The third kappa shape index (κ3) is 4.95. The van der Waals surface area contributed by atoms with E-state index in [1.54, 1.807) is 0 Å². The second kappa shape index (κ2) is 10.4. The molecule has 41 heavy (non-hydrogen) atoms. The van der Waals surface area contributed by atoms with Crippen LogP contribution >= 0.6 is 0 Å². The number of aliphatic hydroxyl groups excluding tert-OH is 1. The summed E-state index contributed by atoms with van der Waals surface area (Å²) in [6, 6.07) is 0. The Hall–Kier alpha value is -1.29. The molecule has 1 aliphatic heterocycles. The smallest absolute Gasteiger partial charge is 0.393 e. The molecule has 0 radical (unpaired) electrons. The minimum atomic E-state index is -5.87. The summed E-state index contributed by atoms with van der Waals surface area (Å²) in [6.07, 6.45) is -1.26. The van der Waals surface area contributed by atoms with Crippen LogP contribution < -0.4 is 0 Å². The molecule has 5 rings (SSSR count). The maximum Gasteiger partial charge on any atom is 0.426 e. The highest BCUT2D eigenvalue weighted by atomic mass is 19.4. The fraction of sp³-hybridized carbons (Fsp3) is 0.903. The van der Waals surface area contributed by atoms with Gasteiger partial charge in [0.1, 0.15) is 0 Å². The molecule has 1 saturated heterocycles. The largest absolute Gasteiger partial charge is 0.426 e. The van der Waals surface area contributed by atoms with Crippen LogP contribution in [0.5, 0.6) is 0 Å². The molecule has 4 nitrogen and oxygen atoms in total. The number of fused-ring (bicyclic) bond motifs is 5. The van der Waals surface area contributed by atoms with Gasteiger partial charge in [0.05, 0.1) is 6.10 Å². The lowest BCUT2D eigenvalue weighted by molar-refractivity contribution is -0.383. The van der Waals surface area contributed by atoms with Crippen LogP contribution in [-0.4, -0.2) is 58.2 Å². The van der Waals surface area contributed by atoms with Gasteiger partial charge < -0.3 is 15.1 Å². The van der Waals surface area contributed by atoms with Gasteiger partial charge in [0.15, 0.2) is 0 Å². The summed E-state index contributed by atoms with van der Waals surface area (Å²) in [5.74, 6) is -0.119. The Morgan fingerprint density at radius 3 is 2.37 bits per heavy atom. The van der Waals surface area contributed by atoms with Crippen LogP contribution in [-0.2, 0) is 4.79 Å². The molecule has 0 bridgehead atoms. The lowest BCUT2D eigenvalue weighted by Crippen LogP contribution is -2.62. The summed E-state index contributed by atoms with van der Waals surface area (Å²) >= 11 is 0. The van der Waals surface area contributed by atoms with E-state index in [1.165, 1.54) is 5.57 Å². The van der Waals surface area contributed by atoms with Gasteiger partial charge in [0.2, 0.25) is 5.91 Å². The average molecular weight is 594 g/mol. The maximum absolute atomic E-state index is 13.3. The molecule has 2 N–H and O–H groups in total. The summed E-state index contributed by atoms with van der Waals surface area (Å²) < 4.78 is 79.9. The maximum atomic E-state index is 13.3. The SMILES string of the molecule is CC(CCC(=O)N1CCC(C(O)(C(F)(F)F)C(F)(F)F)C1)[C@H]1CC[C@H]2[C@@H]3CC=C4C[C@@H](O)CC[C@]4(C)[C@H]3CC[C@]12C. The van der Waals surface area contributed by atoms with E-state index in [9.17, 15) is 41.4 Å². The van der Waals surface area contributed by atoms with E-state index in [0.29, 0.717) is 30.1 Å². The predicted molar refractivity (Wildman–Crippen MR) is 141 cm³/mol. The van der Waals surface area contributed by atoms with Gasteiger partial charge >= 0.3 is 12.4 Å². The van der Waals surface area contributed by atoms with E-state index in [-0.39, 0.29) is 35.8 Å². The molecule has 234 valence electrons. The number of halogens is 6. The first-order valence-electron chi connectivity index (χ1n) is 15.4. The Morgan fingerprint density at radius 1 is 1.02 bits per heavy atom. The second-order valence-corrected chi connectivity index (χ2v) is 14.5. The standard InChI is InChI=1S/C31H45F6NO3/c1-18(4-9-26(40)38-15-12-20(17-38)29(41,30(32,33)34)31(35,36)37)23-7-8-24-22-6-5-19-16-21(39)10-13-27(19,2)25(22)11-14-28(23,24)3/h5,18,20-25,39,41H,4,6-17H2,1-3H3/t18?,20?,21-,22-,23+,24-,25-,27-,28+/m0/s1. The fourth-order valence-electron chi connectivity index (χ4n) is 10.3. The van der Waals surface area contributed by atoms with Crippen LogP contribution in [0, 0.1) is 46.3 Å². The summed E-state index contributed by atoms with van der Waals surface area (Å²) in [6.45, 7) is 5.97. The molecule has 1 amide bonds. The van der Waals surface area contributed by atoms with Crippen LogP contribution in [0.2, 0.25) is 0 Å². The van der Waals surface area contributed by atoms with E-state index in [1.807, 2.05) is 0 Å². The first-order valence-corrected chi connectivity index (χ1v) is 15.4. The summed E-state index contributed by atoms with van der Waals surface area (Å²) in [4.78, 5) is 14.0. The monoisotopic (exact) mass is 593 g/mol. The van der Waals surface area contributed by atoms with Crippen molar-refractivity contribution in [3.05, 3.63) is 11.6 Å². The quantitative estimate of drug-likeness (QED) is 0.265. The summed E-state index contributed by atoms with van der Waals surface area (Å²) in [5, 5.41) is 20.0. The van der Waals surface area contributed by atoms with Crippen LogP contribution in [0.15, 0.2) is 11.6 Å². The highest BCUT2D eigenvalue weighted by Gasteiger charge is 2.74. The van der Waals surface area contributed by atoms with Crippen LogP contribution in [0.4, 0.5) is 26.3 Å². The van der Waals surface area contributed by atoms with Crippen molar-refractivity contribution in [3.8, 4) is 0 Å². The van der Waals surface area contributed by atoms with Gasteiger partial charge in [0.25, 0.3) is 5.60 Å². The van der Waals surface area contributed by atoms with Crippen molar-refractivity contribution in [2.75, 3.05) is 13.1 Å². The molecule has 0 spiro atoms. The summed E-state index contributed by atoms with van der Waals surface area (Å²) in [5.41, 5.74) is -3.07. The van der Waals surface area contributed by atoms with Crippen LogP contribution in [0.25, 0.3) is 0 Å². The van der Waals surface area contributed by atoms with Crippen molar-refractivity contribution >= 4 is 5.91 Å². The highest BCUT2D eigenvalue weighted by molar-refractivity contribution is 5.76. The van der Waals surface area contributed by atoms with E-state index < -0.39 is 42.7 Å². The Balaban J connectivity index is 1.20.